The van der Waals surface area contributed by atoms with Crippen LogP contribution in [0, 0.1) is 0 Å². The van der Waals surface area contributed by atoms with E-state index in [9.17, 15) is 0 Å². The van der Waals surface area contributed by atoms with E-state index in [2.05, 4.69) is 5.10 Å². The van der Waals surface area contributed by atoms with Gasteiger partial charge in [-0.15, -0.1) is 0 Å². The van der Waals surface area contributed by atoms with Gasteiger partial charge in [-0.2, -0.15) is 5.10 Å². The van der Waals surface area contributed by atoms with Gasteiger partial charge < -0.3 is 0 Å². The third-order valence-electron chi connectivity index (χ3n) is 1.03. The largest absolute Gasteiger partial charge is 0.250 e. The van der Waals surface area contributed by atoms with Gasteiger partial charge in [-0.1, -0.05) is 46.4 Å². The van der Waals surface area contributed by atoms with Crippen LogP contribution in [-0.2, 0) is 0 Å². The van der Waals surface area contributed by atoms with Crippen molar-refractivity contribution in [2.24, 2.45) is 0 Å². The van der Waals surface area contributed by atoms with Crippen molar-refractivity contribution in [3.05, 3.63) is 18.5 Å². The minimum Gasteiger partial charge on any atom is -0.250 e. The molecule has 0 radical (unpaired) electrons. The van der Waals surface area contributed by atoms with E-state index in [4.69, 9.17) is 46.4 Å². The summed E-state index contributed by atoms with van der Waals surface area (Å²) in [5.74, 6) is 0. The first kappa shape index (κ1) is 9.46. The Kier molecular flexibility index (Phi) is 2.92. The summed E-state index contributed by atoms with van der Waals surface area (Å²) >= 11 is 22.3. The molecule has 0 aliphatic carbocycles. The monoisotopic (exact) mass is 232 g/mol. The summed E-state index contributed by atoms with van der Waals surface area (Å²) in [6.45, 7) is 0. The fourth-order valence-electron chi connectivity index (χ4n) is 0.565. The molecular weight excluding hydrogens is 230 g/mol. The Morgan fingerprint density at radius 1 is 1.36 bits per heavy atom. The van der Waals surface area contributed by atoms with Gasteiger partial charge in [0.15, 0.2) is 5.50 Å². The van der Waals surface area contributed by atoms with E-state index in [0.717, 1.165) is 0 Å². The quantitative estimate of drug-likeness (QED) is 0.683. The average Bonchev–Trinajstić information content (AvgIpc) is 2.34. The van der Waals surface area contributed by atoms with Crippen molar-refractivity contribution >= 4 is 46.4 Å². The van der Waals surface area contributed by atoms with Gasteiger partial charge >= 0.3 is 0 Å². The van der Waals surface area contributed by atoms with Crippen LogP contribution in [0.15, 0.2) is 18.5 Å². The zero-order valence-corrected chi connectivity index (χ0v) is 8.24. The first-order chi connectivity index (χ1) is 5.02. The highest BCUT2D eigenvalue weighted by molar-refractivity contribution is 6.69. The number of nitrogens with zero attached hydrogens (tertiary/aromatic N) is 2. The summed E-state index contributed by atoms with van der Waals surface area (Å²) in [5, 5.41) is 3.81. The molecule has 1 aromatic rings. The minimum absolute atomic E-state index is 0.775. The summed E-state index contributed by atoms with van der Waals surface area (Å²) in [5.41, 5.74) is -0.775. The number of alkyl halides is 4. The van der Waals surface area contributed by atoms with Crippen LogP contribution >= 0.6 is 46.4 Å². The van der Waals surface area contributed by atoms with E-state index in [1.165, 1.54) is 4.68 Å². The molecule has 0 spiro atoms. The first-order valence-corrected chi connectivity index (χ1v) is 4.29. The molecule has 2 nitrogen and oxygen atoms in total. The van der Waals surface area contributed by atoms with Gasteiger partial charge in [0, 0.05) is 12.4 Å². The molecule has 0 aromatic carbocycles. The Hall–Kier alpha value is 0.370. The highest BCUT2D eigenvalue weighted by Crippen LogP contribution is 2.40. The maximum Gasteiger partial charge on any atom is 0.226 e. The van der Waals surface area contributed by atoms with Crippen molar-refractivity contribution in [1.29, 1.82) is 0 Å². The van der Waals surface area contributed by atoms with E-state index in [1.54, 1.807) is 18.5 Å². The Morgan fingerprint density at radius 2 is 2.00 bits per heavy atom. The van der Waals surface area contributed by atoms with Crippen LogP contribution in [0.3, 0.4) is 0 Å². The Bertz CT molecular complexity index is 215. The van der Waals surface area contributed by atoms with Gasteiger partial charge in [0.2, 0.25) is 3.79 Å². The number of hydrogen-bond acceptors (Lipinski definition) is 1. The lowest BCUT2D eigenvalue weighted by atomic mass is 10.7. The minimum atomic E-state index is -1.53. The van der Waals surface area contributed by atoms with Crippen molar-refractivity contribution in [3.63, 3.8) is 0 Å². The lowest BCUT2D eigenvalue weighted by Gasteiger charge is -2.17. The van der Waals surface area contributed by atoms with Crippen molar-refractivity contribution < 1.29 is 0 Å². The molecule has 1 aromatic heterocycles. The van der Waals surface area contributed by atoms with Crippen LogP contribution in [0.4, 0.5) is 0 Å². The standard InChI is InChI=1S/C5H4Cl4N2/c6-4(5(7,8)9)11-3-1-2-10-11/h1-4H. The summed E-state index contributed by atoms with van der Waals surface area (Å²) in [6, 6.07) is 1.70. The number of hydrogen-bond donors (Lipinski definition) is 0. The molecular formula is C5H4Cl4N2. The molecule has 0 aliphatic heterocycles. The maximum absolute atomic E-state index is 5.73. The van der Waals surface area contributed by atoms with Crippen LogP contribution < -0.4 is 0 Å². The number of rotatable bonds is 1. The molecule has 6 heteroatoms. The third-order valence-corrected chi connectivity index (χ3v) is 2.51. The van der Waals surface area contributed by atoms with E-state index in [1.807, 2.05) is 0 Å². The van der Waals surface area contributed by atoms with Gasteiger partial charge in [0.1, 0.15) is 0 Å². The van der Waals surface area contributed by atoms with Crippen LogP contribution in [-0.4, -0.2) is 13.6 Å². The molecule has 1 rings (SSSR count). The van der Waals surface area contributed by atoms with Crippen LogP contribution in [0.2, 0.25) is 0 Å². The highest BCUT2D eigenvalue weighted by Gasteiger charge is 2.32. The molecule has 0 amide bonds. The second kappa shape index (κ2) is 3.40. The Balaban J connectivity index is 2.78. The Labute approximate surface area is 84.0 Å². The van der Waals surface area contributed by atoms with E-state index >= 15 is 0 Å². The van der Waals surface area contributed by atoms with Crippen LogP contribution in [0.1, 0.15) is 5.50 Å². The molecule has 0 bridgehead atoms. The van der Waals surface area contributed by atoms with E-state index in [-0.39, 0.29) is 0 Å². The number of aromatic nitrogens is 2. The third kappa shape index (κ3) is 2.41. The predicted octanol–water partition coefficient (Wildman–Crippen LogP) is 2.99. The number of halogens is 4. The molecule has 1 unspecified atom stereocenters. The van der Waals surface area contributed by atoms with Gasteiger partial charge in [0.05, 0.1) is 0 Å². The van der Waals surface area contributed by atoms with Gasteiger partial charge in [-0.05, 0) is 6.07 Å². The summed E-state index contributed by atoms with van der Waals surface area (Å²) < 4.78 is -0.165. The molecule has 0 saturated heterocycles. The molecule has 1 heterocycles. The second-order valence-corrected chi connectivity index (χ2v) is 4.65. The average molecular weight is 234 g/mol. The van der Waals surface area contributed by atoms with E-state index < -0.39 is 9.29 Å². The van der Waals surface area contributed by atoms with Gasteiger partial charge in [0.25, 0.3) is 0 Å². The van der Waals surface area contributed by atoms with Crippen LogP contribution in [0.5, 0.6) is 0 Å². The predicted molar refractivity (Wildman–Crippen MR) is 47.4 cm³/mol. The lowest BCUT2D eigenvalue weighted by molar-refractivity contribution is 0.599. The zero-order valence-electron chi connectivity index (χ0n) is 5.22. The summed E-state index contributed by atoms with van der Waals surface area (Å²) in [6.07, 6.45) is 3.19. The molecule has 62 valence electrons. The molecule has 1 atom stereocenters. The molecule has 0 saturated carbocycles. The first-order valence-electron chi connectivity index (χ1n) is 2.72. The SMILES string of the molecule is ClC(n1cccn1)C(Cl)(Cl)Cl. The molecule has 0 aliphatic rings. The zero-order chi connectivity index (χ0) is 8.48. The van der Waals surface area contributed by atoms with Crippen molar-refractivity contribution in [2.45, 2.75) is 9.29 Å². The summed E-state index contributed by atoms with van der Waals surface area (Å²) in [7, 11) is 0. The summed E-state index contributed by atoms with van der Waals surface area (Å²) in [4.78, 5) is 0. The normalized spacial score (nSPS) is 14.9. The maximum atomic E-state index is 5.73. The van der Waals surface area contributed by atoms with E-state index in [0.29, 0.717) is 0 Å². The van der Waals surface area contributed by atoms with Crippen molar-refractivity contribution in [3.8, 4) is 0 Å². The molecule has 0 N–H and O–H groups in total. The van der Waals surface area contributed by atoms with Gasteiger partial charge in [-0.25, -0.2) is 0 Å². The molecule has 11 heavy (non-hydrogen) atoms. The second-order valence-electron chi connectivity index (χ2n) is 1.86. The van der Waals surface area contributed by atoms with Crippen molar-refractivity contribution in [1.82, 2.24) is 9.78 Å². The van der Waals surface area contributed by atoms with Gasteiger partial charge in [-0.3, -0.25) is 4.68 Å². The lowest BCUT2D eigenvalue weighted by Crippen LogP contribution is -2.18. The topological polar surface area (TPSA) is 17.8 Å². The Morgan fingerprint density at radius 3 is 2.36 bits per heavy atom. The molecule has 0 fully saturated rings. The fraction of sp³-hybridized carbons (Fsp3) is 0.400. The highest BCUT2D eigenvalue weighted by atomic mass is 35.6. The van der Waals surface area contributed by atoms with Crippen LogP contribution in [0.25, 0.3) is 0 Å². The smallest absolute Gasteiger partial charge is 0.226 e. The fourth-order valence-corrected chi connectivity index (χ4v) is 0.980. The van der Waals surface area contributed by atoms with Crippen molar-refractivity contribution in [2.75, 3.05) is 0 Å².